The predicted molar refractivity (Wildman–Crippen MR) is 78.2 cm³/mol. The number of rotatable bonds is 4. The summed E-state index contributed by atoms with van der Waals surface area (Å²) >= 11 is 9.65. The number of amides is 1. The van der Waals surface area contributed by atoms with Crippen LogP contribution in [0.25, 0.3) is 0 Å². The van der Waals surface area contributed by atoms with E-state index in [2.05, 4.69) is 21.2 Å². The molecule has 1 aliphatic carbocycles. The molecule has 1 aromatic carbocycles. The van der Waals surface area contributed by atoms with Crippen molar-refractivity contribution in [2.75, 3.05) is 6.54 Å². The SMILES string of the molecule is O=C(Cc1ccccc1Cl)NCC1CCC(Br)C1. The normalized spacial score (nSPS) is 23.0. The highest BCUT2D eigenvalue weighted by molar-refractivity contribution is 9.09. The van der Waals surface area contributed by atoms with Gasteiger partial charge in [0.1, 0.15) is 0 Å². The van der Waals surface area contributed by atoms with E-state index >= 15 is 0 Å². The fourth-order valence-electron chi connectivity index (χ4n) is 2.33. The summed E-state index contributed by atoms with van der Waals surface area (Å²) in [5.41, 5.74) is 0.890. The van der Waals surface area contributed by atoms with Crippen molar-refractivity contribution < 1.29 is 4.79 Å². The lowest BCUT2D eigenvalue weighted by molar-refractivity contribution is -0.120. The van der Waals surface area contributed by atoms with Crippen molar-refractivity contribution in [1.82, 2.24) is 5.32 Å². The zero-order valence-electron chi connectivity index (χ0n) is 10.2. The van der Waals surface area contributed by atoms with Crippen molar-refractivity contribution in [1.29, 1.82) is 0 Å². The Hall–Kier alpha value is -0.540. The third kappa shape index (κ3) is 3.99. The zero-order valence-corrected chi connectivity index (χ0v) is 12.5. The molecule has 1 amide bonds. The average molecular weight is 331 g/mol. The second kappa shape index (κ2) is 6.58. The van der Waals surface area contributed by atoms with Gasteiger partial charge in [0.2, 0.25) is 5.91 Å². The van der Waals surface area contributed by atoms with Gasteiger partial charge in [-0.3, -0.25) is 4.79 Å². The average Bonchev–Trinajstić information content (AvgIpc) is 2.76. The number of halogens is 2. The molecule has 2 nitrogen and oxygen atoms in total. The van der Waals surface area contributed by atoms with Crippen LogP contribution in [0.15, 0.2) is 24.3 Å². The van der Waals surface area contributed by atoms with Gasteiger partial charge in [0, 0.05) is 16.4 Å². The van der Waals surface area contributed by atoms with E-state index in [4.69, 9.17) is 11.6 Å². The number of carbonyl (C=O) groups excluding carboxylic acids is 1. The lowest BCUT2D eigenvalue weighted by Gasteiger charge is -2.11. The van der Waals surface area contributed by atoms with Crippen molar-refractivity contribution in [2.45, 2.75) is 30.5 Å². The summed E-state index contributed by atoms with van der Waals surface area (Å²) < 4.78 is 0. The highest BCUT2D eigenvalue weighted by atomic mass is 79.9. The first kappa shape index (κ1) is 13.9. The van der Waals surface area contributed by atoms with Crippen LogP contribution in [0.2, 0.25) is 5.02 Å². The maximum atomic E-state index is 11.8. The quantitative estimate of drug-likeness (QED) is 0.840. The van der Waals surface area contributed by atoms with E-state index in [0.29, 0.717) is 22.2 Å². The van der Waals surface area contributed by atoms with Gasteiger partial charge in [-0.15, -0.1) is 0 Å². The molecule has 0 heterocycles. The van der Waals surface area contributed by atoms with Crippen LogP contribution < -0.4 is 5.32 Å². The van der Waals surface area contributed by atoms with Crippen molar-refractivity contribution in [3.8, 4) is 0 Å². The molecule has 0 spiro atoms. The first-order valence-corrected chi connectivity index (χ1v) is 7.58. The molecule has 2 rings (SSSR count). The van der Waals surface area contributed by atoms with Gasteiger partial charge in [-0.2, -0.15) is 0 Å². The van der Waals surface area contributed by atoms with Crippen LogP contribution in [0, 0.1) is 5.92 Å². The Morgan fingerprint density at radius 2 is 2.17 bits per heavy atom. The summed E-state index contributed by atoms with van der Waals surface area (Å²) in [6.45, 7) is 0.783. The van der Waals surface area contributed by atoms with Crippen LogP contribution in [-0.4, -0.2) is 17.3 Å². The molecule has 4 heteroatoms. The van der Waals surface area contributed by atoms with E-state index in [1.165, 1.54) is 12.8 Å². The Bertz CT molecular complexity index is 424. The summed E-state index contributed by atoms with van der Waals surface area (Å²) in [7, 11) is 0. The van der Waals surface area contributed by atoms with Crippen LogP contribution in [0.5, 0.6) is 0 Å². The van der Waals surface area contributed by atoms with Gasteiger partial charge in [0.05, 0.1) is 6.42 Å². The smallest absolute Gasteiger partial charge is 0.224 e. The molecule has 0 bridgehead atoms. The monoisotopic (exact) mass is 329 g/mol. The van der Waals surface area contributed by atoms with E-state index in [1.807, 2.05) is 24.3 Å². The van der Waals surface area contributed by atoms with E-state index < -0.39 is 0 Å². The molecular weight excluding hydrogens is 314 g/mol. The second-order valence-corrected chi connectivity index (χ2v) is 6.55. The van der Waals surface area contributed by atoms with E-state index in [0.717, 1.165) is 18.5 Å². The molecule has 18 heavy (non-hydrogen) atoms. The fraction of sp³-hybridized carbons (Fsp3) is 0.500. The van der Waals surface area contributed by atoms with Crippen LogP contribution in [0.3, 0.4) is 0 Å². The third-order valence-electron chi connectivity index (χ3n) is 3.37. The predicted octanol–water partition coefficient (Wildman–Crippen LogP) is 3.56. The molecule has 2 unspecified atom stereocenters. The van der Waals surface area contributed by atoms with Crippen molar-refractivity contribution in [3.63, 3.8) is 0 Å². The van der Waals surface area contributed by atoms with Crippen LogP contribution in [0.4, 0.5) is 0 Å². The first-order valence-electron chi connectivity index (χ1n) is 6.29. The highest BCUT2D eigenvalue weighted by Crippen LogP contribution is 2.30. The zero-order chi connectivity index (χ0) is 13.0. The molecule has 98 valence electrons. The molecule has 0 aliphatic heterocycles. The number of hydrogen-bond acceptors (Lipinski definition) is 1. The van der Waals surface area contributed by atoms with Gasteiger partial charge in [-0.25, -0.2) is 0 Å². The number of hydrogen-bond donors (Lipinski definition) is 1. The summed E-state index contributed by atoms with van der Waals surface area (Å²) in [5.74, 6) is 0.672. The lowest BCUT2D eigenvalue weighted by atomic mass is 10.1. The third-order valence-corrected chi connectivity index (χ3v) is 4.57. The van der Waals surface area contributed by atoms with Crippen molar-refractivity contribution >= 4 is 33.4 Å². The second-order valence-electron chi connectivity index (χ2n) is 4.85. The fourth-order valence-corrected chi connectivity index (χ4v) is 3.33. The Labute approximate surface area is 121 Å². The number of carbonyl (C=O) groups is 1. The van der Waals surface area contributed by atoms with Gasteiger partial charge in [0.25, 0.3) is 0 Å². The van der Waals surface area contributed by atoms with Gasteiger partial charge >= 0.3 is 0 Å². The Kier molecular flexibility index (Phi) is 5.07. The van der Waals surface area contributed by atoms with Crippen LogP contribution in [0.1, 0.15) is 24.8 Å². The summed E-state index contributed by atoms with van der Waals surface area (Å²) in [4.78, 5) is 12.4. The topological polar surface area (TPSA) is 29.1 Å². The summed E-state index contributed by atoms with van der Waals surface area (Å²) in [6, 6.07) is 7.49. The van der Waals surface area contributed by atoms with Crippen molar-refractivity contribution in [3.05, 3.63) is 34.9 Å². The molecule has 2 atom stereocenters. The molecule has 1 saturated carbocycles. The molecule has 0 saturated heterocycles. The first-order chi connectivity index (χ1) is 8.65. The van der Waals surface area contributed by atoms with Crippen LogP contribution >= 0.6 is 27.5 Å². The highest BCUT2D eigenvalue weighted by Gasteiger charge is 2.22. The number of benzene rings is 1. The molecular formula is C14H17BrClNO. The number of nitrogens with one attached hydrogen (secondary N) is 1. The van der Waals surface area contributed by atoms with E-state index in [-0.39, 0.29) is 5.91 Å². The largest absolute Gasteiger partial charge is 0.356 e. The molecule has 1 fully saturated rings. The Morgan fingerprint density at radius 3 is 2.83 bits per heavy atom. The van der Waals surface area contributed by atoms with E-state index in [1.54, 1.807) is 0 Å². The molecule has 1 aliphatic rings. The number of alkyl halides is 1. The maximum Gasteiger partial charge on any atom is 0.224 e. The van der Waals surface area contributed by atoms with Crippen molar-refractivity contribution in [2.24, 2.45) is 5.92 Å². The minimum atomic E-state index is 0.0566. The lowest BCUT2D eigenvalue weighted by Crippen LogP contribution is -2.29. The maximum absolute atomic E-state index is 11.8. The minimum Gasteiger partial charge on any atom is -0.356 e. The van der Waals surface area contributed by atoms with Gasteiger partial charge < -0.3 is 5.32 Å². The minimum absolute atomic E-state index is 0.0566. The standard InChI is InChI=1S/C14H17BrClNO/c15-12-6-5-10(7-12)9-17-14(18)8-11-3-1-2-4-13(11)16/h1-4,10,12H,5-9H2,(H,17,18). The van der Waals surface area contributed by atoms with Gasteiger partial charge in [-0.05, 0) is 36.8 Å². The molecule has 0 aromatic heterocycles. The molecule has 0 radical (unpaired) electrons. The molecule has 1 aromatic rings. The van der Waals surface area contributed by atoms with E-state index in [9.17, 15) is 4.79 Å². The molecule has 1 N–H and O–H groups in total. The van der Waals surface area contributed by atoms with Gasteiger partial charge in [-0.1, -0.05) is 45.7 Å². The van der Waals surface area contributed by atoms with Gasteiger partial charge in [0.15, 0.2) is 0 Å². The Morgan fingerprint density at radius 1 is 1.39 bits per heavy atom. The summed E-state index contributed by atoms with van der Waals surface area (Å²) in [6.07, 6.45) is 3.93. The Balaban J connectivity index is 1.77. The summed E-state index contributed by atoms with van der Waals surface area (Å²) in [5, 5.41) is 3.66. The van der Waals surface area contributed by atoms with Crippen LogP contribution in [-0.2, 0) is 11.2 Å².